The first-order valence-electron chi connectivity index (χ1n) is 9.69. The lowest BCUT2D eigenvalue weighted by Gasteiger charge is -2.22. The molecule has 30 heavy (non-hydrogen) atoms. The molecule has 2 aromatic carbocycles. The molecular formula is C24H23N3O3. The second kappa shape index (κ2) is 8.69. The van der Waals surface area contributed by atoms with E-state index < -0.39 is 0 Å². The fourth-order valence-electron chi connectivity index (χ4n) is 3.74. The highest BCUT2D eigenvalue weighted by Gasteiger charge is 2.24. The van der Waals surface area contributed by atoms with Gasteiger partial charge in [-0.15, -0.1) is 0 Å². The van der Waals surface area contributed by atoms with E-state index in [2.05, 4.69) is 21.4 Å². The first kappa shape index (κ1) is 19.5. The van der Waals surface area contributed by atoms with Crippen LogP contribution in [0.3, 0.4) is 0 Å². The van der Waals surface area contributed by atoms with Crippen LogP contribution in [-0.2, 0) is 0 Å². The quantitative estimate of drug-likeness (QED) is 0.488. The van der Waals surface area contributed by atoms with E-state index in [1.807, 2.05) is 42.6 Å². The summed E-state index contributed by atoms with van der Waals surface area (Å²) in [7, 11) is 3.24. The maximum Gasteiger partial charge on any atom is 0.269 e. The molecule has 4 aromatic rings. The molecule has 2 N–H and O–H groups in total. The third-order valence-electron chi connectivity index (χ3n) is 5.17. The molecule has 0 aliphatic carbocycles. The third kappa shape index (κ3) is 3.72. The van der Waals surface area contributed by atoms with Crippen molar-refractivity contribution in [2.75, 3.05) is 20.8 Å². The predicted octanol–water partition coefficient (Wildman–Crippen LogP) is 4.14. The van der Waals surface area contributed by atoms with Gasteiger partial charge in [-0.1, -0.05) is 36.4 Å². The summed E-state index contributed by atoms with van der Waals surface area (Å²) in [6.07, 6.45) is 3.60. The molecule has 0 spiro atoms. The Morgan fingerprint density at radius 2 is 1.83 bits per heavy atom. The normalized spacial score (nSPS) is 11.8. The summed E-state index contributed by atoms with van der Waals surface area (Å²) in [4.78, 5) is 20.1. The van der Waals surface area contributed by atoms with Crippen LogP contribution in [0.1, 0.15) is 27.5 Å². The van der Waals surface area contributed by atoms with Crippen LogP contribution in [0.2, 0.25) is 0 Å². The van der Waals surface area contributed by atoms with Gasteiger partial charge in [0.25, 0.3) is 5.91 Å². The van der Waals surface area contributed by atoms with Crippen LogP contribution >= 0.6 is 0 Å². The number of nitrogens with zero attached hydrogens (tertiary/aromatic N) is 1. The fraction of sp³-hybridized carbons (Fsp3) is 0.167. The Morgan fingerprint density at radius 1 is 1.00 bits per heavy atom. The molecule has 2 aromatic heterocycles. The van der Waals surface area contributed by atoms with Crippen molar-refractivity contribution in [3.05, 3.63) is 89.9 Å². The molecule has 0 saturated heterocycles. The van der Waals surface area contributed by atoms with Crippen molar-refractivity contribution < 1.29 is 14.3 Å². The van der Waals surface area contributed by atoms with E-state index in [1.54, 1.807) is 38.6 Å². The summed E-state index contributed by atoms with van der Waals surface area (Å²) in [6, 6.07) is 19.2. The van der Waals surface area contributed by atoms with Gasteiger partial charge in [-0.25, -0.2) is 0 Å². The topological polar surface area (TPSA) is 76.2 Å². The van der Waals surface area contributed by atoms with Gasteiger partial charge < -0.3 is 19.8 Å². The zero-order chi connectivity index (χ0) is 20.9. The Bertz CT molecular complexity index is 1150. The number of H-pyrrole nitrogens is 1. The maximum absolute atomic E-state index is 12.7. The number of para-hydroxylation sites is 2. The highest BCUT2D eigenvalue weighted by Crippen LogP contribution is 2.40. The lowest BCUT2D eigenvalue weighted by atomic mass is 9.89. The van der Waals surface area contributed by atoms with E-state index in [4.69, 9.17) is 9.47 Å². The van der Waals surface area contributed by atoms with Gasteiger partial charge in [0, 0.05) is 41.3 Å². The van der Waals surface area contributed by atoms with Crippen molar-refractivity contribution in [3.8, 4) is 11.5 Å². The smallest absolute Gasteiger partial charge is 0.269 e. The molecule has 4 rings (SSSR count). The molecule has 152 valence electrons. The van der Waals surface area contributed by atoms with Gasteiger partial charge in [0.05, 0.1) is 14.2 Å². The van der Waals surface area contributed by atoms with Crippen LogP contribution in [0.5, 0.6) is 11.5 Å². The predicted molar refractivity (Wildman–Crippen MR) is 116 cm³/mol. The van der Waals surface area contributed by atoms with E-state index in [9.17, 15) is 4.79 Å². The summed E-state index contributed by atoms with van der Waals surface area (Å²) in [5, 5.41) is 4.12. The highest BCUT2D eigenvalue weighted by atomic mass is 16.5. The van der Waals surface area contributed by atoms with Crippen molar-refractivity contribution in [1.82, 2.24) is 15.3 Å². The van der Waals surface area contributed by atoms with Crippen molar-refractivity contribution in [1.29, 1.82) is 0 Å². The monoisotopic (exact) mass is 401 g/mol. The standard InChI is InChI=1S/C24H23N3O3/c1-29-22-12-7-9-17(23(22)30-2)19(15-27-24(28)21-11-5-6-13-25-21)18-14-26-20-10-4-3-8-16(18)20/h3-14,19,26H,15H2,1-2H3,(H,27,28). The van der Waals surface area contributed by atoms with Crippen LogP contribution in [0, 0.1) is 0 Å². The average molecular weight is 401 g/mol. The minimum absolute atomic E-state index is 0.154. The van der Waals surface area contributed by atoms with Crippen LogP contribution in [0.25, 0.3) is 10.9 Å². The van der Waals surface area contributed by atoms with Gasteiger partial charge in [-0.2, -0.15) is 0 Å². The summed E-state index contributed by atoms with van der Waals surface area (Å²) in [6.45, 7) is 0.376. The summed E-state index contributed by atoms with van der Waals surface area (Å²) in [5.41, 5.74) is 3.42. The number of benzene rings is 2. The Hall–Kier alpha value is -3.80. The zero-order valence-electron chi connectivity index (χ0n) is 16.9. The van der Waals surface area contributed by atoms with Crippen molar-refractivity contribution >= 4 is 16.8 Å². The van der Waals surface area contributed by atoms with E-state index in [0.29, 0.717) is 23.7 Å². The van der Waals surface area contributed by atoms with Gasteiger partial charge in [0.2, 0.25) is 0 Å². The number of carbonyl (C=O) groups excluding carboxylic acids is 1. The van der Waals surface area contributed by atoms with Gasteiger partial charge in [-0.05, 0) is 29.8 Å². The number of methoxy groups -OCH3 is 2. The maximum atomic E-state index is 12.7. The van der Waals surface area contributed by atoms with Crippen LogP contribution < -0.4 is 14.8 Å². The number of hydrogen-bond acceptors (Lipinski definition) is 4. The minimum atomic E-state index is -0.220. The van der Waals surface area contributed by atoms with E-state index in [1.165, 1.54) is 0 Å². The number of ether oxygens (including phenoxy) is 2. The van der Waals surface area contributed by atoms with Gasteiger partial charge in [0.1, 0.15) is 5.69 Å². The van der Waals surface area contributed by atoms with Crippen LogP contribution in [0.15, 0.2) is 73.1 Å². The van der Waals surface area contributed by atoms with Gasteiger partial charge >= 0.3 is 0 Å². The van der Waals surface area contributed by atoms with Crippen molar-refractivity contribution in [3.63, 3.8) is 0 Å². The molecule has 0 aliphatic rings. The summed E-state index contributed by atoms with van der Waals surface area (Å²) >= 11 is 0. The number of fused-ring (bicyclic) bond motifs is 1. The first-order valence-corrected chi connectivity index (χ1v) is 9.69. The molecule has 0 aliphatic heterocycles. The molecule has 6 heteroatoms. The second-order valence-electron chi connectivity index (χ2n) is 6.85. The van der Waals surface area contributed by atoms with Gasteiger partial charge in [0.15, 0.2) is 11.5 Å². The van der Waals surface area contributed by atoms with E-state index in [-0.39, 0.29) is 11.8 Å². The SMILES string of the molecule is COc1cccc(C(CNC(=O)c2ccccn2)c2c[nH]c3ccccc23)c1OC. The molecule has 2 heterocycles. The molecular weight excluding hydrogens is 378 g/mol. The molecule has 0 radical (unpaired) electrons. The number of pyridine rings is 1. The number of hydrogen-bond donors (Lipinski definition) is 2. The molecule has 0 bridgehead atoms. The number of nitrogens with one attached hydrogen (secondary N) is 2. The zero-order valence-corrected chi connectivity index (χ0v) is 16.9. The fourth-order valence-corrected chi connectivity index (χ4v) is 3.74. The molecule has 1 amide bonds. The van der Waals surface area contributed by atoms with Crippen molar-refractivity contribution in [2.45, 2.75) is 5.92 Å². The third-order valence-corrected chi connectivity index (χ3v) is 5.17. The lowest BCUT2D eigenvalue weighted by Crippen LogP contribution is -2.29. The molecule has 0 fully saturated rings. The molecule has 0 saturated carbocycles. The highest BCUT2D eigenvalue weighted by molar-refractivity contribution is 5.92. The largest absolute Gasteiger partial charge is 0.493 e. The Morgan fingerprint density at radius 3 is 2.60 bits per heavy atom. The number of aromatic nitrogens is 2. The summed E-state index contributed by atoms with van der Waals surface area (Å²) < 4.78 is 11.2. The molecule has 6 nitrogen and oxygen atoms in total. The summed E-state index contributed by atoms with van der Waals surface area (Å²) in [5.74, 6) is 0.930. The van der Waals surface area contributed by atoms with Crippen LogP contribution in [-0.4, -0.2) is 36.6 Å². The molecule has 1 unspecified atom stereocenters. The molecule has 1 atom stereocenters. The van der Waals surface area contributed by atoms with E-state index in [0.717, 1.165) is 22.0 Å². The average Bonchev–Trinajstić information content (AvgIpc) is 3.23. The van der Waals surface area contributed by atoms with Crippen LogP contribution in [0.4, 0.5) is 0 Å². The number of rotatable bonds is 7. The number of aromatic amines is 1. The number of carbonyl (C=O) groups is 1. The Labute approximate surface area is 174 Å². The second-order valence-corrected chi connectivity index (χ2v) is 6.85. The van der Waals surface area contributed by atoms with E-state index >= 15 is 0 Å². The van der Waals surface area contributed by atoms with Gasteiger partial charge in [-0.3, -0.25) is 9.78 Å². The Balaban J connectivity index is 1.75. The number of amides is 1. The first-order chi connectivity index (χ1) is 14.7. The minimum Gasteiger partial charge on any atom is -0.493 e. The Kier molecular flexibility index (Phi) is 5.66. The lowest BCUT2D eigenvalue weighted by molar-refractivity contribution is 0.0947. The van der Waals surface area contributed by atoms with Crippen molar-refractivity contribution in [2.24, 2.45) is 0 Å².